The maximum absolute atomic E-state index is 16.0. The van der Waals surface area contributed by atoms with E-state index in [0.717, 1.165) is 0 Å². The Bertz CT molecular complexity index is 2850. The third-order valence-electron chi connectivity index (χ3n) is 16.1. The topological polar surface area (TPSA) is 501 Å². The predicted molar refractivity (Wildman–Crippen MR) is 359 cm³/mol. The normalized spacial score (nSPS) is 16.0. The maximum Gasteiger partial charge on any atom is 0.326 e. The van der Waals surface area contributed by atoms with E-state index in [2.05, 4.69) is 37.2 Å². The number of carboxylic acid groups (broad SMARTS) is 8. The van der Waals surface area contributed by atoms with Crippen LogP contribution in [0.5, 0.6) is 0 Å². The van der Waals surface area contributed by atoms with Gasteiger partial charge in [0, 0.05) is 115 Å². The summed E-state index contributed by atoms with van der Waals surface area (Å²) in [5.41, 5.74) is -1.84. The van der Waals surface area contributed by atoms with Gasteiger partial charge in [-0.1, -0.05) is 33.6 Å². The molecule has 33 nitrogen and oxygen atoms in total. The van der Waals surface area contributed by atoms with Gasteiger partial charge in [0.25, 0.3) is 11.4 Å². The monoisotopic (exact) mass is 1440 g/mol. The molecule has 1 saturated heterocycles. The average Bonchev–Trinajstić information content (AvgIpc) is 0.795. The first kappa shape index (κ1) is 87.8. The lowest BCUT2D eigenvalue weighted by atomic mass is 9.99. The van der Waals surface area contributed by atoms with Gasteiger partial charge >= 0.3 is 47.8 Å². The number of alkyl halides is 1. The number of hydrogen-bond donors (Lipinski definition) is 14. The van der Waals surface area contributed by atoms with Crippen LogP contribution in [-0.4, -0.2) is 271 Å². The summed E-state index contributed by atoms with van der Waals surface area (Å²) in [4.78, 5) is 180. The number of rotatable bonds is 45. The summed E-state index contributed by atoms with van der Waals surface area (Å²) in [5, 5.41) is 96.8. The molecular weight excluding hydrogens is 1340 g/mol. The Morgan fingerprint density at radius 1 is 0.470 bits per heavy atom. The third kappa shape index (κ3) is 36.7. The van der Waals surface area contributed by atoms with E-state index >= 15 is 4.39 Å². The number of nitrogens with one attached hydrogen (secondary N) is 7. The molecule has 1 heterocycles. The second kappa shape index (κ2) is 45.5. The van der Waals surface area contributed by atoms with Gasteiger partial charge in [0.1, 0.15) is 35.0 Å². The van der Waals surface area contributed by atoms with Gasteiger partial charge in [-0.3, -0.25) is 62.8 Å². The minimum atomic E-state index is -1.65. The van der Waals surface area contributed by atoms with Crippen LogP contribution in [0.4, 0.5) is 9.18 Å². The second-order valence-corrected chi connectivity index (χ2v) is 29.4. The zero-order chi connectivity index (χ0) is 75.3. The second-order valence-electron chi connectivity index (χ2n) is 26.6. The van der Waals surface area contributed by atoms with E-state index in [9.17, 15) is 103 Å². The molecule has 564 valence electrons. The van der Waals surface area contributed by atoms with E-state index in [-0.39, 0.29) is 147 Å². The molecule has 7 atom stereocenters. The molecule has 7 amide bonds. The summed E-state index contributed by atoms with van der Waals surface area (Å²) in [6.07, 6.45) is 2.09. The summed E-state index contributed by atoms with van der Waals surface area (Å²) in [6, 6.07) is -2.20. The Balaban J connectivity index is 2.09. The number of aliphatic carboxylic acids is 8. The number of urea groups is 1. The number of hydrogen-bond acceptors (Lipinski definition) is 19. The lowest BCUT2D eigenvalue weighted by Gasteiger charge is -2.35. The number of halogens is 1. The van der Waals surface area contributed by atoms with Gasteiger partial charge in [-0.25, -0.2) is 19.2 Å². The van der Waals surface area contributed by atoms with Crippen LogP contribution in [0.15, 0.2) is 29.2 Å². The van der Waals surface area contributed by atoms with Crippen molar-refractivity contribution in [2.75, 3.05) is 91.6 Å². The molecule has 2 rings (SSSR count). The highest BCUT2D eigenvalue weighted by Gasteiger charge is 2.49. The largest absolute Gasteiger partial charge is 0.549 e. The molecule has 35 heteroatoms. The zero-order valence-electron chi connectivity index (χ0n) is 58.0. The number of carbonyl (C=O) groups excluding carboxylic acids is 7. The van der Waals surface area contributed by atoms with Crippen LogP contribution in [0.1, 0.15) is 161 Å². The van der Waals surface area contributed by atoms with E-state index < -0.39 is 167 Å². The van der Waals surface area contributed by atoms with E-state index in [4.69, 9.17) is 5.11 Å². The number of unbranched alkanes of at least 4 members (excludes halogenated alkanes) is 5. The van der Waals surface area contributed by atoms with Crippen molar-refractivity contribution in [3.05, 3.63) is 29.8 Å². The molecule has 0 aromatic heterocycles. The predicted octanol–water partition coefficient (Wildman–Crippen LogP) is 0.336. The molecule has 0 radical (unpaired) electrons. The van der Waals surface area contributed by atoms with Gasteiger partial charge < -0.3 is 82.9 Å². The van der Waals surface area contributed by atoms with Gasteiger partial charge in [-0.2, -0.15) is 4.39 Å². The maximum atomic E-state index is 16.0. The summed E-state index contributed by atoms with van der Waals surface area (Å²) in [7, 11) is -0.926. The van der Waals surface area contributed by atoms with Crippen LogP contribution in [0.3, 0.4) is 0 Å². The Labute approximate surface area is 584 Å². The highest BCUT2D eigenvalue weighted by atomic mass is 32.2. The molecule has 1 fully saturated rings. The Morgan fingerprint density at radius 3 is 1.32 bits per heavy atom. The summed E-state index contributed by atoms with van der Waals surface area (Å²) in [5.74, 6) is -13.8. The fourth-order valence-electron chi connectivity index (χ4n) is 10.7. The molecule has 0 aliphatic carbocycles. The number of nitrogens with zero attached hydrogens (tertiary/aromatic N) is 4. The Kier molecular flexibility index (Phi) is 39.9. The highest BCUT2D eigenvalue weighted by molar-refractivity contribution is 7.98. The van der Waals surface area contributed by atoms with Crippen molar-refractivity contribution in [1.29, 1.82) is 0 Å². The first-order valence-corrected chi connectivity index (χ1v) is 34.8. The van der Waals surface area contributed by atoms with Crippen LogP contribution in [0.25, 0.3) is 0 Å². The lowest BCUT2D eigenvalue weighted by molar-refractivity contribution is -0.306. The number of benzene rings is 1. The van der Waals surface area contributed by atoms with Crippen molar-refractivity contribution in [3.8, 4) is 0 Å². The van der Waals surface area contributed by atoms with Crippen LogP contribution < -0.4 is 42.3 Å². The van der Waals surface area contributed by atoms with Crippen molar-refractivity contribution in [1.82, 2.24) is 56.8 Å². The van der Waals surface area contributed by atoms with E-state index in [1.807, 2.05) is 20.8 Å². The van der Waals surface area contributed by atoms with Crippen LogP contribution in [0, 0.1) is 5.41 Å². The van der Waals surface area contributed by atoms with E-state index in [1.54, 1.807) is 32.9 Å². The zero-order valence-corrected chi connectivity index (χ0v) is 58.8. The average molecular weight is 1440 g/mol. The molecular formula is C65H104FN11O22S. The molecule has 1 aromatic carbocycles. The molecule has 1 aromatic rings. The molecule has 0 spiro atoms. The number of carboxylic acids is 8. The van der Waals surface area contributed by atoms with Crippen molar-refractivity contribution in [2.24, 2.45) is 5.41 Å². The molecule has 14 N–H and O–H groups in total. The Hall–Kier alpha value is -8.28. The smallest absolute Gasteiger partial charge is 0.326 e. The van der Waals surface area contributed by atoms with Crippen molar-refractivity contribution < 1.29 is 112 Å². The molecule has 100 heavy (non-hydrogen) atoms. The highest BCUT2D eigenvalue weighted by Crippen LogP contribution is 2.40. The third-order valence-corrected chi connectivity index (χ3v) is 19.3. The van der Waals surface area contributed by atoms with E-state index in [1.165, 1.54) is 31.7 Å². The quantitative estimate of drug-likeness (QED) is 0.0309. The summed E-state index contributed by atoms with van der Waals surface area (Å²) < 4.78 is 15.5. The minimum Gasteiger partial charge on any atom is -0.549 e. The van der Waals surface area contributed by atoms with Crippen molar-refractivity contribution >= 4 is 94.2 Å². The van der Waals surface area contributed by atoms with Crippen molar-refractivity contribution in [2.45, 2.75) is 196 Å². The lowest BCUT2D eigenvalue weighted by Crippen LogP contribution is -2.56. The fraction of sp³-hybridized carbons (Fsp3) is 0.692. The molecule has 0 saturated carbocycles. The standard InChI is InChI=1S/C65H104FN11O22S/c1-64(2,3)62(66)100(65(4,5)6)43-24-22-42(23-25-43)56(89)69-38-47(70-51(80)27-26-48(61(97)98)77-36-34-75(40-54(85)86)32-30-74(39-53(83)84)31-33-76(35-37-77)41-55(87)88)57(90)71-44(58(91)92)16-11-13-28-67-49(78)19-9-7-8-10-20-50(79)68-29-14-12-17-45(59(93)94)72-63(99)73-46(60(95)96)18-15-21-52(81)82/h22-25,44-48,62H,7-21,26-41H2,1-6H3,(H14-,67,68,69,70,71,72,73,78,79,80,81,82,83,84,85,86,87,88,89,90,91,92,93,94,95,96,97,98,99)/t44-,45+,46+,47-,48-,62-,100?/m1/s1. The van der Waals surface area contributed by atoms with Crippen LogP contribution >= 0.6 is 0 Å². The SMILES string of the molecule is CC(C)(C)[C@H](F)[S+](c1ccc(C(=O)NC[C@@H](NC(=O)CC[C@H](C(=O)O)N2CCN(CC(=O)[O-])CCN(CC(=O)O)CCN(CC(=O)O)CC2)C(=O)N[C@H](CCCCNC(=O)CCCCCCC(=O)NCCCC[C@H](NC(=O)N[C@@H](CCCC(=O)O)C(=O)O)C(=O)O)C(=O)O)cc1)C(C)(C)C. The van der Waals surface area contributed by atoms with Crippen molar-refractivity contribution in [3.63, 3.8) is 0 Å². The van der Waals surface area contributed by atoms with E-state index in [0.29, 0.717) is 37.0 Å². The Morgan fingerprint density at radius 2 is 0.910 bits per heavy atom. The molecule has 0 bridgehead atoms. The van der Waals surface area contributed by atoms with Gasteiger partial charge in [-0.05, 0) is 116 Å². The van der Waals surface area contributed by atoms with Gasteiger partial charge in [0.15, 0.2) is 4.90 Å². The summed E-state index contributed by atoms with van der Waals surface area (Å²) >= 11 is 0. The van der Waals surface area contributed by atoms with Crippen LogP contribution in [0.2, 0.25) is 0 Å². The van der Waals surface area contributed by atoms with Gasteiger partial charge in [-0.15, -0.1) is 0 Å². The first-order valence-electron chi connectivity index (χ1n) is 33.5. The first-order chi connectivity index (χ1) is 46.9. The molecule has 1 aliphatic heterocycles. The molecule has 1 unspecified atom stereocenters. The van der Waals surface area contributed by atoms with Crippen LogP contribution in [-0.2, 0) is 68.4 Å². The minimum absolute atomic E-state index is 0.0160. The fourth-order valence-corrected chi connectivity index (χ4v) is 13.4. The number of carbonyl (C=O) groups is 14. The number of amides is 7. The van der Waals surface area contributed by atoms with Gasteiger partial charge in [0.05, 0.1) is 30.0 Å². The summed E-state index contributed by atoms with van der Waals surface area (Å²) in [6.45, 7) is 9.27. The van der Waals surface area contributed by atoms with Gasteiger partial charge in [0.2, 0.25) is 23.6 Å². The molecule has 1 aliphatic rings.